The predicted octanol–water partition coefficient (Wildman–Crippen LogP) is 5.17. The van der Waals surface area contributed by atoms with Crippen LogP contribution in [0.3, 0.4) is 0 Å². The zero-order valence-electron chi connectivity index (χ0n) is 16.1. The van der Waals surface area contributed by atoms with Crippen LogP contribution in [0.15, 0.2) is 36.4 Å². The minimum Gasteiger partial charge on any atom is -0.467 e. The first-order valence-electron chi connectivity index (χ1n) is 8.55. The first-order chi connectivity index (χ1) is 14.4. The number of hydrogen-bond acceptors (Lipinski definition) is 7. The van der Waals surface area contributed by atoms with Crippen molar-refractivity contribution in [3.63, 3.8) is 0 Å². The van der Waals surface area contributed by atoms with Crippen molar-refractivity contribution >= 4 is 35.9 Å². The van der Waals surface area contributed by atoms with Crippen LogP contribution >= 0.6 is 19.0 Å². The van der Waals surface area contributed by atoms with E-state index in [0.717, 1.165) is 37.4 Å². The fourth-order valence-electron chi connectivity index (χ4n) is 2.43. The highest BCUT2D eigenvalue weighted by atomic mass is 35.5. The molecule has 0 aliphatic rings. The maximum Gasteiger partial charge on any atom is 0.416 e. The molecule has 0 bridgehead atoms. The van der Waals surface area contributed by atoms with Crippen molar-refractivity contribution in [2.75, 3.05) is 19.9 Å². The summed E-state index contributed by atoms with van der Waals surface area (Å²) < 4.78 is 66.6. The molecule has 0 aliphatic heterocycles. The van der Waals surface area contributed by atoms with E-state index in [1.54, 1.807) is 0 Å². The lowest BCUT2D eigenvalue weighted by atomic mass is 10.2. The van der Waals surface area contributed by atoms with Gasteiger partial charge in [0.25, 0.3) is 5.69 Å². The number of esters is 1. The van der Waals surface area contributed by atoms with Gasteiger partial charge in [-0.25, -0.2) is 4.79 Å². The van der Waals surface area contributed by atoms with Gasteiger partial charge < -0.3 is 14.0 Å². The predicted molar refractivity (Wildman–Crippen MR) is 105 cm³/mol. The van der Waals surface area contributed by atoms with E-state index in [9.17, 15) is 32.6 Å². The van der Waals surface area contributed by atoms with E-state index in [2.05, 4.69) is 4.74 Å². The molecule has 0 aromatic heterocycles. The number of halogens is 4. The zero-order valence-corrected chi connectivity index (χ0v) is 17.8. The number of carbonyl (C=O) groups excluding carboxylic acids is 1. The fourth-order valence-corrected chi connectivity index (χ4v) is 4.45. The molecule has 0 fully saturated rings. The van der Waals surface area contributed by atoms with Gasteiger partial charge in [0, 0.05) is 18.3 Å². The topological polar surface area (TPSA) is 105 Å². The van der Waals surface area contributed by atoms with Gasteiger partial charge in [0.15, 0.2) is 6.61 Å². The lowest BCUT2D eigenvalue weighted by molar-refractivity contribution is -0.383. The smallest absolute Gasteiger partial charge is 0.416 e. The van der Waals surface area contributed by atoms with Crippen LogP contribution in [0.5, 0.6) is 11.5 Å². The van der Waals surface area contributed by atoms with Crippen LogP contribution in [0.4, 0.5) is 18.9 Å². The maximum absolute atomic E-state index is 13.2. The number of hydrogen-bond donors (Lipinski definition) is 0. The minimum absolute atomic E-state index is 0.0856. The quantitative estimate of drug-likeness (QED) is 0.221. The third-order valence-corrected chi connectivity index (χ3v) is 6.80. The lowest BCUT2D eigenvalue weighted by Gasteiger charge is -2.18. The summed E-state index contributed by atoms with van der Waals surface area (Å²) in [5.41, 5.74) is -1.53. The van der Waals surface area contributed by atoms with Gasteiger partial charge in [0.2, 0.25) is 7.37 Å². The Kier molecular flexibility index (Phi) is 7.69. The van der Waals surface area contributed by atoms with Gasteiger partial charge in [0.05, 0.1) is 22.6 Å². The molecule has 31 heavy (non-hydrogen) atoms. The molecule has 0 spiro atoms. The Labute approximate surface area is 179 Å². The highest BCUT2D eigenvalue weighted by molar-refractivity contribution is 7.67. The van der Waals surface area contributed by atoms with E-state index in [1.165, 1.54) is 6.92 Å². The average molecular weight is 482 g/mol. The number of benzene rings is 2. The molecule has 0 saturated carbocycles. The van der Waals surface area contributed by atoms with Crippen LogP contribution in [0.25, 0.3) is 0 Å². The Morgan fingerprint density at radius 1 is 1.23 bits per heavy atom. The Hall–Kier alpha value is -2.62. The standard InChI is InChI=1S/C18H16ClF3NO7P/c1-3-31(27,29-10-17(24)28-2)16-9-12(5-6-14(16)23(25)26)30-15-7-4-11(8-13(15)19)18(20,21)22/h4-9H,3,10H2,1-2H3. The third-order valence-electron chi connectivity index (χ3n) is 4.03. The highest BCUT2D eigenvalue weighted by Gasteiger charge is 2.34. The molecule has 2 rings (SSSR count). The monoisotopic (exact) mass is 481 g/mol. The van der Waals surface area contributed by atoms with Crippen molar-refractivity contribution in [2.24, 2.45) is 0 Å². The normalized spacial score (nSPS) is 13.4. The van der Waals surface area contributed by atoms with Crippen LogP contribution in [0.1, 0.15) is 12.5 Å². The molecule has 0 aliphatic carbocycles. The molecule has 8 nitrogen and oxygen atoms in total. The summed E-state index contributed by atoms with van der Waals surface area (Å²) in [5.74, 6) is -1.07. The molecular formula is C18H16ClF3NO7P. The van der Waals surface area contributed by atoms with Crippen molar-refractivity contribution in [1.82, 2.24) is 0 Å². The number of nitrogens with zero attached hydrogens (tertiary/aromatic N) is 1. The van der Waals surface area contributed by atoms with E-state index >= 15 is 0 Å². The van der Waals surface area contributed by atoms with Crippen LogP contribution in [0.2, 0.25) is 5.02 Å². The molecule has 2 aromatic rings. The number of rotatable bonds is 8. The number of nitro groups is 1. The number of carbonyl (C=O) groups is 1. The molecule has 0 amide bonds. The molecule has 13 heteroatoms. The number of ether oxygens (including phenoxy) is 2. The van der Waals surface area contributed by atoms with Gasteiger partial charge in [-0.15, -0.1) is 0 Å². The van der Waals surface area contributed by atoms with Crippen molar-refractivity contribution < 1.29 is 41.5 Å². The molecule has 0 radical (unpaired) electrons. The Balaban J connectivity index is 2.45. The SMILES string of the molecule is CCP(=O)(OCC(=O)OC)c1cc(Oc2ccc(C(F)(F)F)cc2Cl)ccc1[N+](=O)[O-]. The second-order valence-corrected chi connectivity index (χ2v) is 9.12. The van der Waals surface area contributed by atoms with E-state index in [-0.39, 0.29) is 28.0 Å². The van der Waals surface area contributed by atoms with Crippen molar-refractivity contribution in [3.05, 3.63) is 57.1 Å². The Morgan fingerprint density at radius 3 is 2.42 bits per heavy atom. The number of methoxy groups -OCH3 is 1. The fraction of sp³-hybridized carbons (Fsp3) is 0.278. The molecule has 0 saturated heterocycles. The van der Waals surface area contributed by atoms with Gasteiger partial charge in [-0.2, -0.15) is 13.2 Å². The molecule has 1 unspecified atom stereocenters. The second-order valence-electron chi connectivity index (χ2n) is 5.99. The van der Waals surface area contributed by atoms with E-state index in [0.29, 0.717) is 6.07 Å². The summed E-state index contributed by atoms with van der Waals surface area (Å²) in [6.07, 6.45) is -4.79. The van der Waals surface area contributed by atoms with E-state index in [1.807, 2.05) is 0 Å². The van der Waals surface area contributed by atoms with Gasteiger partial charge in [-0.1, -0.05) is 18.5 Å². The summed E-state index contributed by atoms with van der Waals surface area (Å²) in [5, 5.41) is 10.7. The van der Waals surface area contributed by atoms with Gasteiger partial charge in [-0.3, -0.25) is 14.7 Å². The van der Waals surface area contributed by atoms with Crippen molar-refractivity contribution in [1.29, 1.82) is 0 Å². The van der Waals surface area contributed by atoms with E-state index < -0.39 is 42.3 Å². The maximum atomic E-state index is 13.2. The summed E-state index contributed by atoms with van der Waals surface area (Å²) in [4.78, 5) is 22.0. The van der Waals surface area contributed by atoms with Gasteiger partial charge in [-0.05, 0) is 24.3 Å². The molecular weight excluding hydrogens is 466 g/mol. The third kappa shape index (κ3) is 5.96. The number of nitro benzene ring substituents is 1. The Morgan fingerprint density at radius 2 is 1.90 bits per heavy atom. The molecule has 0 N–H and O–H groups in total. The minimum atomic E-state index is -4.60. The van der Waals surface area contributed by atoms with Crippen molar-refractivity contribution in [2.45, 2.75) is 13.1 Å². The lowest BCUT2D eigenvalue weighted by Crippen LogP contribution is -2.18. The van der Waals surface area contributed by atoms with Gasteiger partial charge >= 0.3 is 12.1 Å². The molecule has 0 heterocycles. The van der Waals surface area contributed by atoms with Crippen LogP contribution in [0, 0.1) is 10.1 Å². The molecule has 2 aromatic carbocycles. The average Bonchev–Trinajstić information content (AvgIpc) is 2.72. The van der Waals surface area contributed by atoms with Crippen molar-refractivity contribution in [3.8, 4) is 11.5 Å². The first-order valence-corrected chi connectivity index (χ1v) is 10.7. The summed E-state index contributed by atoms with van der Waals surface area (Å²) >= 11 is 5.86. The Bertz CT molecular complexity index is 1050. The van der Waals surface area contributed by atoms with Crippen LogP contribution in [-0.2, 0) is 24.8 Å². The van der Waals surface area contributed by atoms with E-state index in [4.69, 9.17) is 20.9 Å². The van der Waals surface area contributed by atoms with Gasteiger partial charge in [0.1, 0.15) is 16.8 Å². The zero-order chi connectivity index (χ0) is 23.4. The summed E-state index contributed by atoms with van der Waals surface area (Å²) in [7, 11) is -2.80. The van der Waals surface area contributed by atoms with Crippen LogP contribution < -0.4 is 10.0 Å². The highest BCUT2D eigenvalue weighted by Crippen LogP contribution is 2.48. The largest absolute Gasteiger partial charge is 0.467 e. The number of alkyl halides is 3. The first kappa shape index (κ1) is 24.6. The molecule has 1 atom stereocenters. The summed E-state index contributed by atoms with van der Waals surface area (Å²) in [6, 6.07) is 5.64. The van der Waals surface area contributed by atoms with Crippen LogP contribution in [-0.4, -0.2) is 30.8 Å². The second kappa shape index (κ2) is 9.67. The summed E-state index contributed by atoms with van der Waals surface area (Å²) in [6.45, 7) is 0.747. The molecule has 168 valence electrons.